The van der Waals surface area contributed by atoms with Gasteiger partial charge in [0, 0.05) is 12.4 Å². The number of nitrogens with one attached hydrogen (secondary N) is 2. The average molecular weight is 358 g/mol. The second-order valence-electron chi connectivity index (χ2n) is 4.60. The molecule has 0 aliphatic carbocycles. The summed E-state index contributed by atoms with van der Waals surface area (Å²) >= 11 is 0. The lowest BCUT2D eigenvalue weighted by Crippen LogP contribution is -2.69. The normalized spacial score (nSPS) is 13.6. The number of anilines is 1. The Kier molecular flexibility index (Phi) is 5.25. The molecule has 2 heterocycles. The number of hydrogen-bond donors (Lipinski definition) is 2. The number of aromatic nitrogens is 2. The van der Waals surface area contributed by atoms with Crippen molar-refractivity contribution >= 4 is 17.8 Å². The summed E-state index contributed by atoms with van der Waals surface area (Å²) in [6.45, 7) is 0.983. The van der Waals surface area contributed by atoms with Crippen LogP contribution in [0, 0.1) is 0 Å². The van der Waals surface area contributed by atoms with Crippen molar-refractivity contribution in [3.05, 3.63) is 42.6 Å². The molecule has 0 saturated carbocycles. The molecule has 25 heavy (non-hydrogen) atoms. The van der Waals surface area contributed by atoms with Crippen molar-refractivity contribution in [2.24, 2.45) is 0 Å². The summed E-state index contributed by atoms with van der Waals surface area (Å²) in [6.07, 6.45) is -1.85. The predicted molar refractivity (Wildman–Crippen MR) is 77.2 cm³/mol. The summed E-state index contributed by atoms with van der Waals surface area (Å²) < 4.78 is 50.6. The molecule has 8 nitrogen and oxygen atoms in total. The van der Waals surface area contributed by atoms with Crippen LogP contribution in [-0.2, 0) is 9.53 Å². The van der Waals surface area contributed by atoms with Gasteiger partial charge in [-0.2, -0.15) is 13.2 Å². The van der Waals surface area contributed by atoms with Crippen molar-refractivity contribution in [3.8, 4) is 0 Å². The van der Waals surface area contributed by atoms with E-state index in [0.29, 0.717) is 0 Å². The predicted octanol–water partition coefficient (Wildman–Crippen LogP) is 1.73. The Bertz CT molecular complexity index is 721. The zero-order chi connectivity index (χ0) is 18.5. The van der Waals surface area contributed by atoms with E-state index in [9.17, 15) is 22.8 Å². The first-order valence-corrected chi connectivity index (χ1v) is 6.95. The lowest BCUT2D eigenvalue weighted by Gasteiger charge is -2.34. The van der Waals surface area contributed by atoms with E-state index < -0.39 is 35.4 Å². The van der Waals surface area contributed by atoms with Crippen LogP contribution in [0.3, 0.4) is 0 Å². The van der Waals surface area contributed by atoms with Crippen LogP contribution in [0.15, 0.2) is 41.3 Å². The zero-order valence-corrected chi connectivity index (χ0v) is 12.8. The molecular weight excluding hydrogens is 345 g/mol. The summed E-state index contributed by atoms with van der Waals surface area (Å²) in [7, 11) is 0. The number of hydrogen-bond acceptors (Lipinski definition) is 7. The molecule has 0 aromatic carbocycles. The number of esters is 1. The first-order valence-electron chi connectivity index (χ1n) is 6.95. The van der Waals surface area contributed by atoms with Crippen LogP contribution in [0.4, 0.5) is 19.1 Å². The molecule has 2 aromatic heterocycles. The van der Waals surface area contributed by atoms with Crippen LogP contribution >= 0.6 is 0 Å². The minimum Gasteiger partial charge on any atom is -0.463 e. The van der Waals surface area contributed by atoms with Gasteiger partial charge in [0.25, 0.3) is 5.91 Å². The van der Waals surface area contributed by atoms with E-state index in [-0.39, 0.29) is 6.61 Å². The van der Waals surface area contributed by atoms with E-state index in [1.165, 1.54) is 19.1 Å². The van der Waals surface area contributed by atoms with Crippen LogP contribution in [0.25, 0.3) is 0 Å². The first-order chi connectivity index (χ1) is 11.8. The summed E-state index contributed by atoms with van der Waals surface area (Å²) in [4.78, 5) is 31.4. The quantitative estimate of drug-likeness (QED) is 0.598. The van der Waals surface area contributed by atoms with Crippen LogP contribution in [0.1, 0.15) is 17.5 Å². The minimum absolute atomic E-state index is 0.343. The fraction of sp³-hybridized carbons (Fsp3) is 0.286. The number of furan rings is 1. The third-order valence-corrected chi connectivity index (χ3v) is 2.92. The summed E-state index contributed by atoms with van der Waals surface area (Å²) in [5.41, 5.74) is -3.60. The van der Waals surface area contributed by atoms with Gasteiger partial charge in [0.1, 0.15) is 0 Å². The Hall–Kier alpha value is -3.11. The second kappa shape index (κ2) is 7.20. The van der Waals surface area contributed by atoms with Crippen LogP contribution in [-0.4, -0.2) is 40.3 Å². The fourth-order valence-corrected chi connectivity index (χ4v) is 1.80. The van der Waals surface area contributed by atoms with Crippen LogP contribution in [0.5, 0.6) is 0 Å². The molecule has 0 aliphatic heterocycles. The van der Waals surface area contributed by atoms with E-state index >= 15 is 0 Å². The van der Waals surface area contributed by atoms with Crippen molar-refractivity contribution in [3.63, 3.8) is 0 Å². The Labute approximate surface area is 139 Å². The maximum Gasteiger partial charge on any atom is 0.442 e. The van der Waals surface area contributed by atoms with Gasteiger partial charge in [-0.15, -0.1) is 0 Å². The number of halogens is 3. The van der Waals surface area contributed by atoms with Crippen molar-refractivity contribution in [1.82, 2.24) is 15.3 Å². The molecule has 11 heteroatoms. The first kappa shape index (κ1) is 18.2. The van der Waals surface area contributed by atoms with Crippen molar-refractivity contribution in [2.45, 2.75) is 18.8 Å². The fourth-order valence-electron chi connectivity index (χ4n) is 1.80. The number of amides is 1. The number of carbonyl (C=O) groups excluding carboxylic acids is 2. The maximum atomic E-state index is 13.8. The zero-order valence-electron chi connectivity index (χ0n) is 12.8. The Morgan fingerprint density at radius 1 is 1.24 bits per heavy atom. The SMILES string of the molecule is CCOC(=O)[C@](NC(=O)c1ccco1)(Nc1ncccn1)C(F)(F)F. The van der Waals surface area contributed by atoms with Gasteiger partial charge in [-0.3, -0.25) is 4.79 Å². The molecule has 0 saturated heterocycles. The molecule has 0 unspecified atom stereocenters. The summed E-state index contributed by atoms with van der Waals surface area (Å²) in [6, 6.07) is 3.81. The van der Waals surface area contributed by atoms with E-state index in [2.05, 4.69) is 14.7 Å². The van der Waals surface area contributed by atoms with Gasteiger partial charge in [0.05, 0.1) is 12.9 Å². The number of rotatable bonds is 6. The van der Waals surface area contributed by atoms with Crippen molar-refractivity contribution < 1.29 is 31.9 Å². The smallest absolute Gasteiger partial charge is 0.442 e. The highest BCUT2D eigenvalue weighted by molar-refractivity contribution is 5.97. The molecule has 2 rings (SSSR count). The molecule has 0 fully saturated rings. The number of carbonyl (C=O) groups is 2. The van der Waals surface area contributed by atoms with E-state index in [1.807, 2.05) is 5.32 Å². The third kappa shape index (κ3) is 3.87. The van der Waals surface area contributed by atoms with Crippen LogP contribution < -0.4 is 10.6 Å². The van der Waals surface area contributed by atoms with Gasteiger partial charge in [0.15, 0.2) is 5.76 Å². The lowest BCUT2D eigenvalue weighted by molar-refractivity contribution is -0.204. The molecule has 0 radical (unpaired) electrons. The topological polar surface area (TPSA) is 106 Å². The molecule has 134 valence electrons. The largest absolute Gasteiger partial charge is 0.463 e. The molecule has 0 spiro atoms. The molecule has 1 amide bonds. The number of alkyl halides is 3. The average Bonchev–Trinajstić information content (AvgIpc) is 3.09. The highest BCUT2D eigenvalue weighted by Crippen LogP contribution is 2.32. The second-order valence-corrected chi connectivity index (χ2v) is 4.60. The standard InChI is InChI=1S/C14H13F3N4O4/c1-2-24-11(23)13(14(15,16)17,21-12-18-6-4-7-19-12)20-10(22)9-5-3-8-25-9/h3-8H,2H2,1H3,(H,20,22)(H,18,19,21)/t13-/m0/s1. The highest BCUT2D eigenvalue weighted by Gasteiger charge is 2.64. The Balaban J connectivity index is 2.46. The summed E-state index contributed by atoms with van der Waals surface area (Å²) in [5.74, 6) is -4.00. The lowest BCUT2D eigenvalue weighted by atomic mass is 10.1. The molecule has 1 atom stereocenters. The van der Waals surface area contributed by atoms with Gasteiger partial charge >= 0.3 is 17.8 Å². The number of ether oxygens (including phenoxy) is 1. The van der Waals surface area contributed by atoms with E-state index in [4.69, 9.17) is 4.42 Å². The Morgan fingerprint density at radius 3 is 2.44 bits per heavy atom. The monoisotopic (exact) mass is 358 g/mol. The summed E-state index contributed by atoms with van der Waals surface area (Å²) in [5, 5.41) is 3.40. The van der Waals surface area contributed by atoms with Gasteiger partial charge in [0.2, 0.25) is 5.95 Å². The van der Waals surface area contributed by atoms with Crippen LogP contribution in [0.2, 0.25) is 0 Å². The van der Waals surface area contributed by atoms with Gasteiger partial charge in [-0.05, 0) is 25.1 Å². The third-order valence-electron chi connectivity index (χ3n) is 2.92. The minimum atomic E-state index is -5.28. The highest BCUT2D eigenvalue weighted by atomic mass is 19.4. The van der Waals surface area contributed by atoms with Crippen molar-refractivity contribution in [2.75, 3.05) is 11.9 Å². The van der Waals surface area contributed by atoms with Crippen molar-refractivity contribution in [1.29, 1.82) is 0 Å². The molecule has 2 aromatic rings. The Morgan fingerprint density at radius 2 is 1.92 bits per heavy atom. The van der Waals surface area contributed by atoms with Gasteiger partial charge < -0.3 is 19.8 Å². The molecular formula is C14H13F3N4O4. The maximum absolute atomic E-state index is 13.8. The van der Waals surface area contributed by atoms with Gasteiger partial charge in [-0.1, -0.05) is 0 Å². The molecule has 0 aliphatic rings. The molecule has 0 bridgehead atoms. The van der Waals surface area contributed by atoms with E-state index in [0.717, 1.165) is 24.7 Å². The molecule has 2 N–H and O–H groups in total. The van der Waals surface area contributed by atoms with Gasteiger partial charge in [-0.25, -0.2) is 14.8 Å². The number of nitrogens with zero attached hydrogens (tertiary/aromatic N) is 2. The van der Waals surface area contributed by atoms with E-state index in [1.54, 1.807) is 5.32 Å².